The summed E-state index contributed by atoms with van der Waals surface area (Å²) in [7, 11) is 0. The van der Waals surface area contributed by atoms with E-state index in [0.29, 0.717) is 25.0 Å². The van der Waals surface area contributed by atoms with Crippen molar-refractivity contribution in [2.45, 2.75) is 154 Å². The molecule has 0 radical (unpaired) electrons. The molecule has 2 fully saturated rings. The van der Waals surface area contributed by atoms with Crippen LogP contribution in [0.3, 0.4) is 0 Å². The van der Waals surface area contributed by atoms with Crippen molar-refractivity contribution in [1.82, 2.24) is 30.2 Å². The van der Waals surface area contributed by atoms with Crippen molar-refractivity contribution in [2.24, 2.45) is 54.4 Å². The number of ether oxygens (including phenoxy) is 2. The Morgan fingerprint density at radius 1 is 0.397 bits per heavy atom. The number of guanidine groups is 4. The lowest BCUT2D eigenvalue weighted by atomic mass is 10.1. The second-order valence-electron chi connectivity index (χ2n) is 18.7. The Bertz CT molecular complexity index is 1220. The van der Waals surface area contributed by atoms with Gasteiger partial charge in [-0.25, -0.2) is 4.79 Å². The van der Waals surface area contributed by atoms with Crippen LogP contribution in [0.4, 0.5) is 4.79 Å². The van der Waals surface area contributed by atoms with Crippen LogP contribution in [0.5, 0.6) is 0 Å². The number of nitrogens with two attached hydrogens (primary N) is 6. The molecule has 2 heterocycles. The summed E-state index contributed by atoms with van der Waals surface area (Å²) in [5.74, 6) is 1.41. The van der Waals surface area contributed by atoms with Gasteiger partial charge in [0.15, 0.2) is 23.8 Å². The van der Waals surface area contributed by atoms with Gasteiger partial charge < -0.3 is 64.3 Å². The lowest BCUT2D eigenvalue weighted by molar-refractivity contribution is 0.0388. The minimum atomic E-state index is 0.164. The van der Waals surface area contributed by atoms with Gasteiger partial charge in [0.2, 0.25) is 0 Å². The summed E-state index contributed by atoms with van der Waals surface area (Å²) >= 11 is 0. The molecule has 0 saturated carbocycles. The molecule has 2 saturated heterocycles. The van der Waals surface area contributed by atoms with Crippen LogP contribution in [0.15, 0.2) is 20.0 Å². The zero-order valence-corrected chi connectivity index (χ0v) is 42.9. The fourth-order valence-corrected chi connectivity index (χ4v) is 8.55. The number of amides is 2. The molecule has 2 aliphatic heterocycles. The molecule has 19 heteroatoms. The first kappa shape index (κ1) is 60.3. The summed E-state index contributed by atoms with van der Waals surface area (Å²) in [6.45, 7) is 16.8. The van der Waals surface area contributed by atoms with Crippen molar-refractivity contribution >= 4 is 29.9 Å². The van der Waals surface area contributed by atoms with Gasteiger partial charge in [0.05, 0.1) is 26.4 Å². The van der Waals surface area contributed by atoms with E-state index in [1.807, 2.05) is 0 Å². The number of hydrogen-bond acceptors (Lipinski definition) is 9. The molecule has 2 amide bonds. The summed E-state index contributed by atoms with van der Waals surface area (Å²) in [4.78, 5) is 40.8. The molecule has 2 aliphatic rings. The third kappa shape index (κ3) is 36.2. The van der Waals surface area contributed by atoms with Crippen molar-refractivity contribution in [1.29, 1.82) is 0 Å². The quantitative estimate of drug-likeness (QED) is 0.0244. The number of carbonyl (C=O) groups is 1. The molecule has 19 nitrogen and oxygen atoms in total. The Labute approximate surface area is 412 Å². The van der Waals surface area contributed by atoms with Crippen LogP contribution >= 0.6 is 0 Å². The zero-order valence-electron chi connectivity index (χ0n) is 42.9. The second-order valence-corrected chi connectivity index (χ2v) is 18.7. The summed E-state index contributed by atoms with van der Waals surface area (Å²) in [6.07, 6.45) is 26.5. The minimum Gasteiger partial charge on any atom is -0.379 e. The van der Waals surface area contributed by atoms with Crippen LogP contribution in [-0.4, -0.2) is 181 Å². The number of hydrogen-bond donors (Lipinski definition) is 8. The fraction of sp³-hybridized carbons (Fsp3) is 0.898. The summed E-state index contributed by atoms with van der Waals surface area (Å²) in [6, 6.07) is 0.225. The van der Waals surface area contributed by atoms with Crippen LogP contribution in [0, 0.1) is 0 Å². The average molecular weight is 963 g/mol. The van der Waals surface area contributed by atoms with Crippen molar-refractivity contribution < 1.29 is 14.3 Å². The summed E-state index contributed by atoms with van der Waals surface area (Å²) in [5.41, 5.74) is 34.2. The molecule has 0 bridgehead atoms. The number of nitrogens with zero attached hydrogens (tertiary/aromatic N) is 8. The summed E-state index contributed by atoms with van der Waals surface area (Å²) < 4.78 is 10.9. The molecule has 0 spiro atoms. The van der Waals surface area contributed by atoms with Gasteiger partial charge in [0.1, 0.15) is 0 Å². The van der Waals surface area contributed by atoms with Crippen molar-refractivity contribution in [3.05, 3.63) is 0 Å². The van der Waals surface area contributed by atoms with E-state index in [-0.39, 0.29) is 18.0 Å². The molecule has 0 aliphatic carbocycles. The van der Waals surface area contributed by atoms with E-state index in [2.05, 4.69) is 50.2 Å². The van der Waals surface area contributed by atoms with Crippen molar-refractivity contribution in [3.8, 4) is 0 Å². The third-order valence-corrected chi connectivity index (χ3v) is 12.7. The second kappa shape index (κ2) is 43.2. The van der Waals surface area contributed by atoms with Crippen LogP contribution in [-0.2, 0) is 9.47 Å². The highest BCUT2D eigenvalue weighted by atomic mass is 16.5. The Hall–Kier alpha value is -3.81. The molecule has 0 aromatic rings. The standard InChI is InChI=1S/C49H102N16O3/c50-45(51)56-25-17-9-1-5-13-21-31-64(33-23-15-7-3-11-19-27-58-47(54)60-29-35-62-37-41-67-42-38-62)49(66)65(32-22-14-6-2-10-18-26-57-46(52)53)34-24-16-8-4-12-20-28-59-48(55)61-30-36-63-39-43-68-44-40-63/h1-44H2,(H4,50,51,56)(H4,52,53,57)(H3,54,58,60)(H3,55,59,61). The van der Waals surface area contributed by atoms with E-state index >= 15 is 0 Å². The molecule has 0 aromatic heterocycles. The normalized spacial score (nSPS) is 15.0. The molecule has 0 atom stereocenters. The Kier molecular flexibility index (Phi) is 38.3. The van der Waals surface area contributed by atoms with Gasteiger partial charge in [-0.05, 0) is 51.4 Å². The lowest BCUT2D eigenvalue weighted by Gasteiger charge is -2.31. The Balaban J connectivity index is 1.81. The van der Waals surface area contributed by atoms with E-state index in [1.54, 1.807) is 0 Å². The number of nitrogens with one attached hydrogen (secondary N) is 2. The maximum atomic E-state index is 14.4. The monoisotopic (exact) mass is 963 g/mol. The maximum Gasteiger partial charge on any atom is 0.319 e. The van der Waals surface area contributed by atoms with Gasteiger partial charge in [0.25, 0.3) is 0 Å². The average Bonchev–Trinajstić information content (AvgIpc) is 3.33. The van der Waals surface area contributed by atoms with Crippen LogP contribution in [0.25, 0.3) is 0 Å². The molecule has 14 N–H and O–H groups in total. The van der Waals surface area contributed by atoms with E-state index in [4.69, 9.17) is 43.9 Å². The van der Waals surface area contributed by atoms with Crippen LogP contribution < -0.4 is 45.0 Å². The van der Waals surface area contributed by atoms with E-state index in [1.165, 1.54) is 25.7 Å². The minimum absolute atomic E-state index is 0.164. The fourth-order valence-electron chi connectivity index (χ4n) is 8.55. The first-order valence-corrected chi connectivity index (χ1v) is 27.1. The largest absolute Gasteiger partial charge is 0.379 e. The molecule has 396 valence electrons. The first-order chi connectivity index (χ1) is 33.2. The Morgan fingerprint density at radius 2 is 0.662 bits per heavy atom. The molecule has 68 heavy (non-hydrogen) atoms. The highest BCUT2D eigenvalue weighted by molar-refractivity contribution is 5.78. The number of unbranched alkanes of at least 4 members (excludes halogenated alkanes) is 20. The van der Waals surface area contributed by atoms with Crippen LogP contribution in [0.2, 0.25) is 0 Å². The third-order valence-electron chi connectivity index (χ3n) is 12.7. The topological polar surface area (TPSA) is 278 Å². The highest BCUT2D eigenvalue weighted by Crippen LogP contribution is 2.15. The predicted octanol–water partition coefficient (Wildman–Crippen LogP) is 4.09. The summed E-state index contributed by atoms with van der Waals surface area (Å²) in [5, 5.41) is 6.51. The smallest absolute Gasteiger partial charge is 0.319 e. The van der Waals surface area contributed by atoms with Crippen molar-refractivity contribution in [2.75, 3.05) is 131 Å². The van der Waals surface area contributed by atoms with Gasteiger partial charge in [-0.15, -0.1) is 0 Å². The molecule has 0 aromatic carbocycles. The molecule has 0 unspecified atom stereocenters. The predicted molar refractivity (Wildman–Crippen MR) is 284 cm³/mol. The van der Waals surface area contributed by atoms with Gasteiger partial charge in [-0.1, -0.05) is 103 Å². The lowest BCUT2D eigenvalue weighted by Crippen LogP contribution is -2.45. The Morgan fingerprint density at radius 3 is 0.956 bits per heavy atom. The number of rotatable bonds is 42. The van der Waals surface area contributed by atoms with E-state index < -0.39 is 0 Å². The highest BCUT2D eigenvalue weighted by Gasteiger charge is 2.20. The zero-order chi connectivity index (χ0) is 49.0. The number of aliphatic imine (C=N–C) groups is 4. The molecular formula is C49H102N16O3. The van der Waals surface area contributed by atoms with Gasteiger partial charge in [-0.2, -0.15) is 0 Å². The van der Waals surface area contributed by atoms with E-state index in [0.717, 1.165) is 246 Å². The first-order valence-electron chi connectivity index (χ1n) is 27.1. The van der Waals surface area contributed by atoms with Gasteiger partial charge in [-0.3, -0.25) is 29.8 Å². The van der Waals surface area contributed by atoms with Gasteiger partial charge >= 0.3 is 6.03 Å². The number of urea groups is 1. The SMILES string of the molecule is NC(N)=NCCCCCCCCN(CCCCCCCCN=C(N)NCCN1CCOCC1)C(=O)N(CCCCCCCCN=C(N)N)CCCCCCCCN=C(N)NCCN1CCOCC1. The number of morpholine rings is 2. The maximum absolute atomic E-state index is 14.4. The molecular weight excluding hydrogens is 861 g/mol. The van der Waals surface area contributed by atoms with Crippen molar-refractivity contribution in [3.63, 3.8) is 0 Å². The number of carbonyl (C=O) groups excluding carboxylic acids is 1. The van der Waals surface area contributed by atoms with E-state index in [9.17, 15) is 4.79 Å². The van der Waals surface area contributed by atoms with Gasteiger partial charge in [0, 0.05) is 105 Å². The molecule has 2 rings (SSSR count). The van der Waals surface area contributed by atoms with Crippen LogP contribution in [0.1, 0.15) is 154 Å².